The van der Waals surface area contributed by atoms with Gasteiger partial charge in [0.2, 0.25) is 11.8 Å². The predicted octanol–water partition coefficient (Wildman–Crippen LogP) is 2.46. The minimum Gasteiger partial charge on any atom is -0.493 e. The average Bonchev–Trinajstić information content (AvgIpc) is 2.63. The normalized spacial score (nSPS) is 15.0. The molecule has 2 aromatic rings. The number of hydrogen-bond acceptors (Lipinski definition) is 6. The number of hydrogen-bond donors (Lipinski definition) is 1. The van der Waals surface area contributed by atoms with E-state index >= 15 is 0 Å². The first-order chi connectivity index (χ1) is 11.9. The monoisotopic (exact) mass is 329 g/mol. The molecule has 0 bridgehead atoms. The topological polar surface area (TPSA) is 65.5 Å². The third-order valence-corrected chi connectivity index (χ3v) is 3.71. The Kier molecular flexibility index (Phi) is 6.25. The van der Waals surface area contributed by atoms with Gasteiger partial charge in [0.1, 0.15) is 11.9 Å². The van der Waals surface area contributed by atoms with E-state index in [4.69, 9.17) is 14.2 Å². The zero-order valence-electron chi connectivity index (χ0n) is 13.7. The van der Waals surface area contributed by atoms with Crippen LogP contribution in [0.3, 0.4) is 0 Å². The van der Waals surface area contributed by atoms with Crippen LogP contribution in [0.1, 0.15) is 19.3 Å². The van der Waals surface area contributed by atoms with E-state index in [9.17, 15) is 0 Å². The van der Waals surface area contributed by atoms with Crippen LogP contribution in [0.5, 0.6) is 17.5 Å². The van der Waals surface area contributed by atoms with E-state index in [2.05, 4.69) is 15.3 Å². The fourth-order valence-corrected chi connectivity index (χ4v) is 2.48. The summed E-state index contributed by atoms with van der Waals surface area (Å²) in [4.78, 5) is 8.49. The van der Waals surface area contributed by atoms with E-state index < -0.39 is 0 Å². The highest BCUT2D eigenvalue weighted by molar-refractivity contribution is 5.20. The van der Waals surface area contributed by atoms with Crippen LogP contribution in [-0.2, 0) is 0 Å². The molecule has 0 radical (unpaired) electrons. The first kappa shape index (κ1) is 16.5. The Morgan fingerprint density at radius 1 is 0.958 bits per heavy atom. The molecule has 3 rings (SSSR count). The average molecular weight is 329 g/mol. The van der Waals surface area contributed by atoms with Gasteiger partial charge >= 0.3 is 0 Å². The quantitative estimate of drug-likeness (QED) is 0.751. The number of nitrogens with zero attached hydrogens (tertiary/aromatic N) is 2. The maximum Gasteiger partial charge on any atom is 0.235 e. The van der Waals surface area contributed by atoms with E-state index in [1.54, 1.807) is 12.4 Å². The zero-order valence-corrected chi connectivity index (χ0v) is 13.7. The molecule has 1 N–H and O–H groups in total. The first-order valence-corrected chi connectivity index (χ1v) is 8.40. The summed E-state index contributed by atoms with van der Waals surface area (Å²) in [7, 11) is 0. The molecular weight excluding hydrogens is 306 g/mol. The molecule has 1 aromatic heterocycles. The number of nitrogens with one attached hydrogen (secondary N) is 1. The summed E-state index contributed by atoms with van der Waals surface area (Å²) in [5.41, 5.74) is 0. The van der Waals surface area contributed by atoms with Crippen LogP contribution in [0.2, 0.25) is 0 Å². The molecule has 1 aromatic carbocycles. The Labute approximate surface area is 142 Å². The van der Waals surface area contributed by atoms with Crippen LogP contribution in [0, 0.1) is 0 Å². The van der Waals surface area contributed by atoms with Crippen molar-refractivity contribution in [2.75, 3.05) is 26.3 Å². The summed E-state index contributed by atoms with van der Waals surface area (Å²) in [6, 6.07) is 9.75. The maximum atomic E-state index is 5.86. The fourth-order valence-electron chi connectivity index (χ4n) is 2.48. The van der Waals surface area contributed by atoms with Gasteiger partial charge in [0, 0.05) is 6.42 Å². The summed E-state index contributed by atoms with van der Waals surface area (Å²) < 4.78 is 17.1. The minimum atomic E-state index is 0.204. The van der Waals surface area contributed by atoms with Crippen LogP contribution in [-0.4, -0.2) is 42.4 Å². The molecule has 24 heavy (non-hydrogen) atoms. The predicted molar refractivity (Wildman–Crippen MR) is 90.6 cm³/mol. The number of ether oxygens (including phenoxy) is 3. The molecule has 6 nitrogen and oxygen atoms in total. The Hall–Kier alpha value is -2.34. The molecule has 0 atom stereocenters. The molecule has 0 saturated carbocycles. The second-order valence-corrected chi connectivity index (χ2v) is 5.63. The number of para-hydroxylation sites is 1. The molecule has 2 heterocycles. The van der Waals surface area contributed by atoms with Crippen LogP contribution >= 0.6 is 0 Å². The lowest BCUT2D eigenvalue weighted by Gasteiger charge is -2.23. The molecule has 0 spiro atoms. The van der Waals surface area contributed by atoms with Crippen LogP contribution in [0.15, 0.2) is 42.7 Å². The smallest absolute Gasteiger partial charge is 0.235 e. The number of piperidine rings is 1. The molecule has 1 aliphatic heterocycles. The Morgan fingerprint density at radius 2 is 1.71 bits per heavy atom. The molecule has 0 aliphatic carbocycles. The molecule has 1 saturated heterocycles. The highest BCUT2D eigenvalue weighted by atomic mass is 16.5. The molecule has 1 aliphatic rings. The lowest BCUT2D eigenvalue weighted by molar-refractivity contribution is 0.152. The van der Waals surface area contributed by atoms with Gasteiger partial charge in [-0.3, -0.25) is 4.98 Å². The summed E-state index contributed by atoms with van der Waals surface area (Å²) in [5, 5.41) is 3.31. The van der Waals surface area contributed by atoms with Crippen molar-refractivity contribution in [3.05, 3.63) is 42.7 Å². The standard InChI is InChI=1S/C18H23N3O3/c1-2-5-15(6-3-1)22-11-4-12-23-17-13-20-14-18(21-17)24-16-7-9-19-10-8-16/h1-3,5-6,13-14,16,19H,4,7-12H2. The van der Waals surface area contributed by atoms with E-state index in [1.807, 2.05) is 30.3 Å². The van der Waals surface area contributed by atoms with Crippen molar-refractivity contribution in [2.45, 2.75) is 25.4 Å². The van der Waals surface area contributed by atoms with E-state index in [0.717, 1.165) is 38.1 Å². The van der Waals surface area contributed by atoms with Gasteiger partial charge in [0.05, 0.1) is 25.6 Å². The van der Waals surface area contributed by atoms with Crippen LogP contribution in [0.25, 0.3) is 0 Å². The number of aromatic nitrogens is 2. The van der Waals surface area contributed by atoms with Crippen molar-refractivity contribution in [1.29, 1.82) is 0 Å². The van der Waals surface area contributed by atoms with Gasteiger partial charge in [-0.15, -0.1) is 0 Å². The molecular formula is C18H23N3O3. The van der Waals surface area contributed by atoms with E-state index in [-0.39, 0.29) is 6.10 Å². The zero-order chi connectivity index (χ0) is 16.5. The van der Waals surface area contributed by atoms with Gasteiger partial charge < -0.3 is 19.5 Å². The maximum absolute atomic E-state index is 5.86. The van der Waals surface area contributed by atoms with Crippen molar-refractivity contribution >= 4 is 0 Å². The van der Waals surface area contributed by atoms with Crippen molar-refractivity contribution in [2.24, 2.45) is 0 Å². The highest BCUT2D eigenvalue weighted by Gasteiger charge is 2.15. The Morgan fingerprint density at radius 3 is 2.54 bits per heavy atom. The van der Waals surface area contributed by atoms with Crippen molar-refractivity contribution in [3.8, 4) is 17.5 Å². The van der Waals surface area contributed by atoms with Crippen LogP contribution in [0.4, 0.5) is 0 Å². The van der Waals surface area contributed by atoms with Gasteiger partial charge in [-0.05, 0) is 38.1 Å². The molecule has 6 heteroatoms. The van der Waals surface area contributed by atoms with Gasteiger partial charge in [0.15, 0.2) is 0 Å². The Bertz CT molecular complexity index is 603. The van der Waals surface area contributed by atoms with E-state index in [1.165, 1.54) is 0 Å². The largest absolute Gasteiger partial charge is 0.493 e. The summed E-state index contributed by atoms with van der Waals surface area (Å²) in [6.45, 7) is 3.09. The lowest BCUT2D eigenvalue weighted by atomic mass is 10.1. The van der Waals surface area contributed by atoms with Crippen molar-refractivity contribution in [3.63, 3.8) is 0 Å². The summed E-state index contributed by atoms with van der Waals surface area (Å²) in [6.07, 6.45) is 6.19. The van der Waals surface area contributed by atoms with Gasteiger partial charge in [0.25, 0.3) is 0 Å². The number of rotatable bonds is 8. The third-order valence-electron chi connectivity index (χ3n) is 3.71. The lowest BCUT2D eigenvalue weighted by Crippen LogP contribution is -2.34. The van der Waals surface area contributed by atoms with Gasteiger partial charge in [-0.1, -0.05) is 18.2 Å². The molecule has 128 valence electrons. The summed E-state index contributed by atoms with van der Waals surface area (Å²) in [5.74, 6) is 1.88. The second-order valence-electron chi connectivity index (χ2n) is 5.63. The first-order valence-electron chi connectivity index (χ1n) is 8.40. The molecule has 1 fully saturated rings. The second kappa shape index (κ2) is 9.08. The third kappa shape index (κ3) is 5.38. The van der Waals surface area contributed by atoms with Gasteiger partial charge in [-0.25, -0.2) is 0 Å². The SMILES string of the molecule is c1ccc(OCCCOc2cncc(OC3CCNCC3)n2)cc1. The van der Waals surface area contributed by atoms with Gasteiger partial charge in [-0.2, -0.15) is 4.98 Å². The Balaban J connectivity index is 1.38. The summed E-state index contributed by atoms with van der Waals surface area (Å²) >= 11 is 0. The highest BCUT2D eigenvalue weighted by Crippen LogP contribution is 2.16. The van der Waals surface area contributed by atoms with E-state index in [0.29, 0.717) is 25.0 Å². The number of benzene rings is 1. The molecule has 0 amide bonds. The van der Waals surface area contributed by atoms with Crippen LogP contribution < -0.4 is 19.5 Å². The fraction of sp³-hybridized carbons (Fsp3) is 0.444. The van der Waals surface area contributed by atoms with Crippen molar-refractivity contribution < 1.29 is 14.2 Å². The molecule has 0 unspecified atom stereocenters. The minimum absolute atomic E-state index is 0.204. The van der Waals surface area contributed by atoms with Crippen molar-refractivity contribution in [1.82, 2.24) is 15.3 Å².